The number of aliphatic hydroxyl groups is 1. The van der Waals surface area contributed by atoms with Crippen molar-refractivity contribution in [1.29, 1.82) is 0 Å². The monoisotopic (exact) mass is 458 g/mol. The van der Waals surface area contributed by atoms with Crippen molar-refractivity contribution in [3.63, 3.8) is 0 Å². The molecule has 6 nitrogen and oxygen atoms in total. The lowest BCUT2D eigenvalue weighted by Crippen LogP contribution is -2.18. The molecule has 0 aliphatic carbocycles. The highest BCUT2D eigenvalue weighted by Crippen LogP contribution is 2.19. The van der Waals surface area contributed by atoms with Crippen LogP contribution in [0.3, 0.4) is 0 Å². The van der Waals surface area contributed by atoms with E-state index in [-0.39, 0.29) is 19.3 Å². The van der Waals surface area contributed by atoms with E-state index < -0.39 is 18.0 Å². The minimum atomic E-state index is -0.561. The third kappa shape index (κ3) is 5.38. The van der Waals surface area contributed by atoms with E-state index in [0.29, 0.717) is 11.1 Å². The van der Waals surface area contributed by atoms with E-state index >= 15 is 0 Å². The normalized spacial score (nSPS) is 13.3. The predicted molar refractivity (Wildman–Crippen MR) is 101 cm³/mol. The van der Waals surface area contributed by atoms with Crippen LogP contribution in [0.25, 0.3) is 10.8 Å². The quantitative estimate of drug-likeness (QED) is 0.507. The molecule has 0 spiro atoms. The van der Waals surface area contributed by atoms with Gasteiger partial charge in [0, 0.05) is 0 Å². The topological polar surface area (TPSA) is 82.1 Å². The van der Waals surface area contributed by atoms with Gasteiger partial charge in [-0.2, -0.15) is 0 Å². The van der Waals surface area contributed by atoms with Gasteiger partial charge >= 0.3 is 11.9 Å². The number of aliphatic hydroxyl groups excluding tert-OH is 1. The number of halogens is 1. The predicted octanol–water partition coefficient (Wildman–Crippen LogP) is 3.29. The number of fused-ring (bicyclic) bond motifs is 1. The Bertz CT molecular complexity index is 760. The summed E-state index contributed by atoms with van der Waals surface area (Å²) in [4.78, 5) is 24.1. The largest absolute Gasteiger partial charge is 0.459 e. The van der Waals surface area contributed by atoms with Gasteiger partial charge in [0.25, 0.3) is 0 Å². The van der Waals surface area contributed by atoms with E-state index in [1.54, 1.807) is 73.3 Å². The molecule has 2 atom stereocenters. The molecule has 0 heterocycles. The number of benzene rings is 2. The average molecular weight is 458 g/mol. The molecular formula is C18H19IO6. The van der Waals surface area contributed by atoms with Crippen LogP contribution in [0.15, 0.2) is 36.4 Å². The van der Waals surface area contributed by atoms with E-state index in [0.717, 1.165) is 10.8 Å². The molecule has 0 bridgehead atoms. The molecule has 1 N–H and O–H groups in total. The van der Waals surface area contributed by atoms with Crippen molar-refractivity contribution in [2.24, 2.45) is 0 Å². The number of carbonyl (C=O) groups excluding carboxylic acids is 2. The van der Waals surface area contributed by atoms with Gasteiger partial charge in [-0.3, -0.25) is 0 Å². The van der Waals surface area contributed by atoms with Crippen molar-refractivity contribution in [3.05, 3.63) is 47.5 Å². The molecule has 0 amide bonds. The lowest BCUT2D eigenvalue weighted by molar-refractivity contribution is 0.0197. The average Bonchev–Trinajstić information content (AvgIpc) is 2.64. The number of hydrogen-bond acceptors (Lipinski definition) is 6. The first kappa shape index (κ1) is 19.6. The first-order chi connectivity index (χ1) is 11.9. The molecular weight excluding hydrogens is 439 g/mol. The van der Waals surface area contributed by atoms with Crippen molar-refractivity contribution in [2.45, 2.75) is 26.1 Å². The van der Waals surface area contributed by atoms with Crippen molar-refractivity contribution in [1.82, 2.24) is 0 Å². The van der Waals surface area contributed by atoms with Gasteiger partial charge in [-0.15, -0.1) is 0 Å². The molecule has 2 aromatic carbocycles. The summed E-state index contributed by atoms with van der Waals surface area (Å²) in [5, 5.41) is 10.6. The van der Waals surface area contributed by atoms with E-state index in [1.165, 1.54) is 0 Å². The highest BCUT2D eigenvalue weighted by atomic mass is 127. The zero-order valence-corrected chi connectivity index (χ0v) is 16.1. The van der Waals surface area contributed by atoms with Crippen LogP contribution >= 0.6 is 23.0 Å². The fourth-order valence-corrected chi connectivity index (χ4v) is 2.24. The van der Waals surface area contributed by atoms with E-state index in [2.05, 4.69) is 0 Å². The first-order valence-electron chi connectivity index (χ1n) is 7.74. The second-order valence-corrected chi connectivity index (χ2v) is 6.18. The van der Waals surface area contributed by atoms with Gasteiger partial charge in [-0.25, -0.2) is 9.59 Å². The Hall–Kier alpha value is -1.71. The Labute approximate surface area is 159 Å². The summed E-state index contributed by atoms with van der Waals surface area (Å²) in [6, 6.07) is 10.1. The van der Waals surface area contributed by atoms with Gasteiger partial charge in [0.05, 0.1) is 17.7 Å². The third-order valence-electron chi connectivity index (χ3n) is 3.48. The SMILES string of the molecule is CC(COC(=O)c1ccc2cc(C(=O)OC(C)CO)ccc2c1)OI. The Kier molecular flexibility index (Phi) is 7.15. The zero-order valence-electron chi connectivity index (χ0n) is 13.9. The lowest BCUT2D eigenvalue weighted by atomic mass is 10.0. The molecule has 0 fully saturated rings. The highest BCUT2D eigenvalue weighted by molar-refractivity contribution is 14.1. The van der Waals surface area contributed by atoms with E-state index in [1.807, 2.05) is 0 Å². The molecule has 2 aromatic rings. The first-order valence-corrected chi connectivity index (χ1v) is 8.63. The Balaban J connectivity index is 2.15. The van der Waals surface area contributed by atoms with Gasteiger partial charge in [0.15, 0.2) is 0 Å². The Morgan fingerprint density at radius 3 is 2.08 bits per heavy atom. The molecule has 25 heavy (non-hydrogen) atoms. The lowest BCUT2D eigenvalue weighted by Gasteiger charge is -2.11. The highest BCUT2D eigenvalue weighted by Gasteiger charge is 2.14. The van der Waals surface area contributed by atoms with Gasteiger partial charge in [0.1, 0.15) is 41.8 Å². The van der Waals surface area contributed by atoms with Gasteiger partial charge in [-0.1, -0.05) is 12.1 Å². The molecule has 2 unspecified atom stereocenters. The molecule has 0 aromatic heterocycles. The van der Waals surface area contributed by atoms with Crippen molar-refractivity contribution < 1.29 is 27.2 Å². The summed E-state index contributed by atoms with van der Waals surface area (Å²) in [5.74, 6) is -0.929. The molecule has 7 heteroatoms. The summed E-state index contributed by atoms with van der Waals surface area (Å²) in [5.41, 5.74) is 0.813. The maximum Gasteiger partial charge on any atom is 0.338 e. The summed E-state index contributed by atoms with van der Waals surface area (Å²) in [6.45, 7) is 3.36. The Morgan fingerprint density at radius 1 is 1.00 bits per heavy atom. The summed E-state index contributed by atoms with van der Waals surface area (Å²) < 4.78 is 15.3. The smallest absolute Gasteiger partial charge is 0.338 e. The van der Waals surface area contributed by atoms with Crippen LogP contribution in [0, 0.1) is 0 Å². The van der Waals surface area contributed by atoms with Crippen molar-refractivity contribution in [2.75, 3.05) is 13.2 Å². The molecule has 0 saturated heterocycles. The molecule has 0 saturated carbocycles. The van der Waals surface area contributed by atoms with Crippen LogP contribution in [-0.4, -0.2) is 42.5 Å². The standard InChI is InChI=1S/C18H19IO6/c1-11(9-20)24-18(22)16-6-4-13-7-15(5-3-14(13)8-16)17(21)23-10-12(2)25-19/h3-8,11-12,20H,9-10H2,1-2H3. The maximum absolute atomic E-state index is 12.1. The molecule has 2 rings (SSSR count). The van der Waals surface area contributed by atoms with Gasteiger partial charge in [0.2, 0.25) is 0 Å². The van der Waals surface area contributed by atoms with Crippen LogP contribution in [0.2, 0.25) is 0 Å². The maximum atomic E-state index is 12.1. The number of carbonyl (C=O) groups is 2. The van der Waals surface area contributed by atoms with E-state index in [4.69, 9.17) is 17.6 Å². The molecule has 0 aliphatic rings. The van der Waals surface area contributed by atoms with Gasteiger partial charge in [-0.05, 0) is 48.9 Å². The van der Waals surface area contributed by atoms with Crippen LogP contribution in [0.4, 0.5) is 0 Å². The number of esters is 2. The fraction of sp³-hybridized carbons (Fsp3) is 0.333. The van der Waals surface area contributed by atoms with Crippen LogP contribution in [0.5, 0.6) is 0 Å². The molecule has 0 aliphatic heterocycles. The minimum absolute atomic E-state index is 0.174. The number of ether oxygens (including phenoxy) is 2. The van der Waals surface area contributed by atoms with Crippen LogP contribution in [-0.2, 0) is 12.5 Å². The summed E-state index contributed by atoms with van der Waals surface area (Å²) in [6.07, 6.45) is -0.742. The summed E-state index contributed by atoms with van der Waals surface area (Å²) >= 11 is 1.76. The number of hydrogen-bond donors (Lipinski definition) is 1. The van der Waals surface area contributed by atoms with Crippen molar-refractivity contribution >= 4 is 45.7 Å². The molecule has 0 radical (unpaired) electrons. The third-order valence-corrected chi connectivity index (χ3v) is 4.35. The Morgan fingerprint density at radius 2 is 1.56 bits per heavy atom. The van der Waals surface area contributed by atoms with E-state index in [9.17, 15) is 9.59 Å². The second kappa shape index (κ2) is 9.12. The molecule has 134 valence electrons. The number of rotatable bonds is 7. The zero-order chi connectivity index (χ0) is 18.4. The van der Waals surface area contributed by atoms with Crippen LogP contribution < -0.4 is 0 Å². The van der Waals surface area contributed by atoms with Crippen LogP contribution in [0.1, 0.15) is 34.6 Å². The van der Waals surface area contributed by atoms with Crippen molar-refractivity contribution in [3.8, 4) is 0 Å². The summed E-state index contributed by atoms with van der Waals surface area (Å²) in [7, 11) is 0. The second-order valence-electron chi connectivity index (χ2n) is 5.67. The fourth-order valence-electron chi connectivity index (χ4n) is 2.09. The minimum Gasteiger partial charge on any atom is -0.459 e. The van der Waals surface area contributed by atoms with Gasteiger partial charge < -0.3 is 17.6 Å².